The molecule has 0 unspecified atom stereocenters. The molecule has 2 aliphatic heterocycles. The molecule has 126 valence electrons. The van der Waals surface area contributed by atoms with E-state index in [4.69, 9.17) is 4.74 Å². The standard InChI is InChI=1S/C19H24N4O/c1-14-10-15(2)21-19(20-14)23-12-17-18(13-23)24-9-8-22(17)11-16-6-4-3-5-7-16/h3-7,10,17-18H,8-9,11-13H2,1-2H3/t17-,18+/m0/s1. The SMILES string of the molecule is Cc1cc(C)nc(N2C[C@H]3OCCN(Cc4ccccc4)[C@H]3C2)n1. The van der Waals surface area contributed by atoms with Crippen molar-refractivity contribution in [1.82, 2.24) is 14.9 Å². The number of aromatic nitrogens is 2. The number of ether oxygens (including phenoxy) is 1. The molecule has 5 nitrogen and oxygen atoms in total. The van der Waals surface area contributed by atoms with Crippen molar-refractivity contribution in [2.75, 3.05) is 31.1 Å². The number of hydrogen-bond acceptors (Lipinski definition) is 5. The molecule has 1 aromatic heterocycles. The highest BCUT2D eigenvalue weighted by molar-refractivity contribution is 5.35. The van der Waals surface area contributed by atoms with Gasteiger partial charge in [0.15, 0.2) is 0 Å². The van der Waals surface area contributed by atoms with Crippen molar-refractivity contribution in [2.45, 2.75) is 32.5 Å². The van der Waals surface area contributed by atoms with Gasteiger partial charge in [-0.15, -0.1) is 0 Å². The van der Waals surface area contributed by atoms with Gasteiger partial charge in [-0.1, -0.05) is 30.3 Å². The molecule has 2 saturated heterocycles. The van der Waals surface area contributed by atoms with Crippen molar-refractivity contribution >= 4 is 5.95 Å². The van der Waals surface area contributed by atoms with E-state index in [1.807, 2.05) is 19.9 Å². The molecule has 4 rings (SSSR count). The van der Waals surface area contributed by atoms with Crippen LogP contribution in [-0.4, -0.2) is 53.3 Å². The Bertz CT molecular complexity index is 686. The zero-order valence-corrected chi connectivity index (χ0v) is 14.4. The zero-order valence-electron chi connectivity index (χ0n) is 14.4. The second-order valence-electron chi connectivity index (χ2n) is 6.79. The molecule has 1 aromatic carbocycles. The number of anilines is 1. The minimum atomic E-state index is 0.242. The van der Waals surface area contributed by atoms with Crippen LogP contribution >= 0.6 is 0 Å². The van der Waals surface area contributed by atoms with E-state index in [0.29, 0.717) is 6.04 Å². The number of aryl methyl sites for hydroxylation is 2. The topological polar surface area (TPSA) is 41.5 Å². The first-order valence-corrected chi connectivity index (χ1v) is 8.66. The van der Waals surface area contributed by atoms with E-state index in [9.17, 15) is 0 Å². The maximum atomic E-state index is 6.04. The van der Waals surface area contributed by atoms with Crippen LogP contribution < -0.4 is 4.90 Å². The lowest BCUT2D eigenvalue weighted by molar-refractivity contribution is -0.0499. The van der Waals surface area contributed by atoms with Gasteiger partial charge in [-0.25, -0.2) is 9.97 Å². The summed E-state index contributed by atoms with van der Waals surface area (Å²) in [6.45, 7) is 8.62. The summed E-state index contributed by atoms with van der Waals surface area (Å²) in [6.07, 6.45) is 0.242. The molecule has 0 amide bonds. The van der Waals surface area contributed by atoms with Gasteiger partial charge in [0.25, 0.3) is 0 Å². The molecule has 0 saturated carbocycles. The van der Waals surface area contributed by atoms with Crippen LogP contribution in [-0.2, 0) is 11.3 Å². The first kappa shape index (κ1) is 15.5. The molecule has 3 heterocycles. The Morgan fingerprint density at radius 1 is 1.08 bits per heavy atom. The van der Waals surface area contributed by atoms with E-state index in [1.54, 1.807) is 0 Å². The Morgan fingerprint density at radius 2 is 1.83 bits per heavy atom. The molecular formula is C19H24N4O. The average molecular weight is 324 g/mol. The number of morpholine rings is 1. The van der Waals surface area contributed by atoms with Gasteiger partial charge in [-0.05, 0) is 25.5 Å². The smallest absolute Gasteiger partial charge is 0.225 e. The van der Waals surface area contributed by atoms with Gasteiger partial charge >= 0.3 is 0 Å². The highest BCUT2D eigenvalue weighted by Crippen LogP contribution is 2.27. The van der Waals surface area contributed by atoms with Crippen molar-refractivity contribution in [3.05, 3.63) is 53.3 Å². The quantitative estimate of drug-likeness (QED) is 0.866. The van der Waals surface area contributed by atoms with Crippen molar-refractivity contribution in [2.24, 2.45) is 0 Å². The van der Waals surface area contributed by atoms with Gasteiger partial charge in [-0.2, -0.15) is 0 Å². The lowest BCUT2D eigenvalue weighted by Crippen LogP contribution is -2.50. The molecule has 0 radical (unpaired) electrons. The van der Waals surface area contributed by atoms with Crippen LogP contribution in [0.5, 0.6) is 0 Å². The van der Waals surface area contributed by atoms with Crippen molar-refractivity contribution < 1.29 is 4.74 Å². The molecule has 2 atom stereocenters. The third-order valence-corrected chi connectivity index (χ3v) is 4.90. The Labute approximate surface area is 143 Å². The minimum absolute atomic E-state index is 0.242. The Balaban J connectivity index is 1.51. The highest BCUT2D eigenvalue weighted by Gasteiger charge is 2.40. The zero-order chi connectivity index (χ0) is 16.5. The molecule has 5 heteroatoms. The molecule has 0 aliphatic carbocycles. The average Bonchev–Trinajstić information content (AvgIpc) is 3.00. The second-order valence-corrected chi connectivity index (χ2v) is 6.79. The normalized spacial score (nSPS) is 24.2. The van der Waals surface area contributed by atoms with E-state index in [-0.39, 0.29) is 6.10 Å². The largest absolute Gasteiger partial charge is 0.373 e. The number of rotatable bonds is 3. The molecule has 2 aliphatic rings. The summed E-state index contributed by atoms with van der Waals surface area (Å²) >= 11 is 0. The monoisotopic (exact) mass is 324 g/mol. The maximum Gasteiger partial charge on any atom is 0.225 e. The fourth-order valence-corrected chi connectivity index (χ4v) is 3.78. The molecular weight excluding hydrogens is 300 g/mol. The van der Waals surface area contributed by atoms with E-state index >= 15 is 0 Å². The van der Waals surface area contributed by atoms with E-state index < -0.39 is 0 Å². The van der Waals surface area contributed by atoms with Gasteiger partial charge in [0, 0.05) is 37.6 Å². The van der Waals surface area contributed by atoms with Crippen LogP contribution in [0.2, 0.25) is 0 Å². The predicted molar refractivity (Wildman–Crippen MR) is 94.1 cm³/mol. The summed E-state index contributed by atoms with van der Waals surface area (Å²) in [5, 5.41) is 0. The van der Waals surface area contributed by atoms with Gasteiger partial charge in [0.05, 0.1) is 18.8 Å². The second kappa shape index (κ2) is 6.49. The van der Waals surface area contributed by atoms with E-state index in [0.717, 1.165) is 50.1 Å². The molecule has 0 spiro atoms. The first-order valence-electron chi connectivity index (χ1n) is 8.66. The lowest BCUT2D eigenvalue weighted by Gasteiger charge is -2.36. The molecule has 0 N–H and O–H groups in total. The fourth-order valence-electron chi connectivity index (χ4n) is 3.78. The summed E-state index contributed by atoms with van der Waals surface area (Å²) < 4.78 is 6.04. The van der Waals surface area contributed by atoms with Crippen molar-refractivity contribution in [1.29, 1.82) is 0 Å². The predicted octanol–water partition coefficient (Wildman–Crippen LogP) is 2.18. The fraction of sp³-hybridized carbons (Fsp3) is 0.474. The van der Waals surface area contributed by atoms with E-state index in [2.05, 4.69) is 50.1 Å². The molecule has 24 heavy (non-hydrogen) atoms. The first-order chi connectivity index (χ1) is 11.7. The van der Waals surface area contributed by atoms with Crippen LogP contribution in [0.4, 0.5) is 5.95 Å². The third kappa shape index (κ3) is 3.14. The van der Waals surface area contributed by atoms with Gasteiger partial charge in [-0.3, -0.25) is 4.90 Å². The summed E-state index contributed by atoms with van der Waals surface area (Å²) in [5.41, 5.74) is 3.41. The summed E-state index contributed by atoms with van der Waals surface area (Å²) in [7, 11) is 0. The van der Waals surface area contributed by atoms with Gasteiger partial charge in [0.1, 0.15) is 0 Å². The molecule has 0 bridgehead atoms. The lowest BCUT2D eigenvalue weighted by atomic mass is 10.1. The Morgan fingerprint density at radius 3 is 2.58 bits per heavy atom. The maximum absolute atomic E-state index is 6.04. The number of nitrogens with zero attached hydrogens (tertiary/aromatic N) is 4. The van der Waals surface area contributed by atoms with Crippen LogP contribution in [0.1, 0.15) is 17.0 Å². The highest BCUT2D eigenvalue weighted by atomic mass is 16.5. The van der Waals surface area contributed by atoms with Crippen molar-refractivity contribution in [3.8, 4) is 0 Å². The summed E-state index contributed by atoms with van der Waals surface area (Å²) in [5.74, 6) is 0.838. The van der Waals surface area contributed by atoms with E-state index in [1.165, 1.54) is 5.56 Å². The number of fused-ring (bicyclic) bond motifs is 1. The van der Waals surface area contributed by atoms with Crippen LogP contribution in [0.15, 0.2) is 36.4 Å². The van der Waals surface area contributed by atoms with Crippen molar-refractivity contribution in [3.63, 3.8) is 0 Å². The van der Waals surface area contributed by atoms with Crippen LogP contribution in [0.3, 0.4) is 0 Å². The Hall–Kier alpha value is -1.98. The van der Waals surface area contributed by atoms with Gasteiger partial charge in [0.2, 0.25) is 5.95 Å². The van der Waals surface area contributed by atoms with Gasteiger partial charge < -0.3 is 9.64 Å². The third-order valence-electron chi connectivity index (χ3n) is 4.90. The summed E-state index contributed by atoms with van der Waals surface area (Å²) in [6, 6.07) is 13.1. The number of hydrogen-bond donors (Lipinski definition) is 0. The van der Waals surface area contributed by atoms with Crippen LogP contribution in [0.25, 0.3) is 0 Å². The Kier molecular flexibility index (Phi) is 4.21. The molecule has 2 aromatic rings. The summed E-state index contributed by atoms with van der Waals surface area (Å²) in [4.78, 5) is 14.1. The minimum Gasteiger partial charge on any atom is -0.373 e. The molecule has 2 fully saturated rings. The number of benzene rings is 1. The van der Waals surface area contributed by atoms with Crippen LogP contribution in [0, 0.1) is 13.8 Å².